The first-order valence-corrected chi connectivity index (χ1v) is 21.6. The minimum Gasteiger partial charge on any atom is -0.497 e. The van der Waals surface area contributed by atoms with E-state index in [1.54, 1.807) is 66.4 Å². The molecule has 5 rings (SSSR count). The molecule has 2 heterocycles. The van der Waals surface area contributed by atoms with Gasteiger partial charge in [-0.1, -0.05) is 60.6 Å². The lowest BCUT2D eigenvalue weighted by atomic mass is 9.82. The van der Waals surface area contributed by atoms with E-state index >= 15 is 4.11 Å². The molecule has 0 aliphatic carbocycles. The first-order valence-electron chi connectivity index (χ1n) is 18.7. The summed E-state index contributed by atoms with van der Waals surface area (Å²) < 4.78 is 28.7. The van der Waals surface area contributed by atoms with Crippen LogP contribution in [0, 0.1) is 5.92 Å². The third-order valence-corrected chi connectivity index (χ3v) is 13.1. The number of aliphatic hydroxyl groups excluding tert-OH is 1. The quantitative estimate of drug-likeness (QED) is 0.0921. The van der Waals surface area contributed by atoms with Crippen molar-refractivity contribution < 1.29 is 33.1 Å². The van der Waals surface area contributed by atoms with Crippen molar-refractivity contribution >= 4 is 37.5 Å². The fourth-order valence-electron chi connectivity index (χ4n) is 7.91. The van der Waals surface area contributed by atoms with Crippen molar-refractivity contribution in [3.63, 3.8) is 0 Å². The molecule has 2 N–H and O–H groups in total. The van der Waals surface area contributed by atoms with Gasteiger partial charge < -0.3 is 33.8 Å². The van der Waals surface area contributed by atoms with E-state index in [1.165, 1.54) is 5.57 Å². The summed E-state index contributed by atoms with van der Waals surface area (Å²) in [7, 11) is -2.02. The van der Waals surface area contributed by atoms with Crippen LogP contribution in [0.25, 0.3) is 0 Å². The fraction of sp³-hybridized carbons (Fsp3) is 0.419. The molecule has 3 aromatic carbocycles. The number of carbonyl (C=O) groups excluding carboxylic acids is 3. The summed E-state index contributed by atoms with van der Waals surface area (Å²) in [6.45, 7) is 11.7. The van der Waals surface area contributed by atoms with Gasteiger partial charge in [0.05, 0.1) is 31.9 Å². The highest BCUT2D eigenvalue weighted by atomic mass is 28.4. The molecular formula is C43H54FN3O6Si. The van der Waals surface area contributed by atoms with E-state index in [1.807, 2.05) is 56.3 Å². The van der Waals surface area contributed by atoms with Crippen molar-refractivity contribution in [3.8, 4) is 5.75 Å². The third-order valence-electron chi connectivity index (χ3n) is 10.6. The number of ether oxygens (including phenoxy) is 2. The summed E-state index contributed by atoms with van der Waals surface area (Å²) in [6, 6.07) is 21.6. The second-order valence-electron chi connectivity index (χ2n) is 15.2. The lowest BCUT2D eigenvalue weighted by Crippen LogP contribution is -2.45. The van der Waals surface area contributed by atoms with Crippen molar-refractivity contribution in [1.82, 2.24) is 4.90 Å². The molecule has 0 unspecified atom stereocenters. The Morgan fingerprint density at radius 1 is 1.06 bits per heavy atom. The maximum absolute atomic E-state index is 16.6. The van der Waals surface area contributed by atoms with Gasteiger partial charge in [0, 0.05) is 47.9 Å². The molecular weight excluding hydrogens is 702 g/mol. The summed E-state index contributed by atoms with van der Waals surface area (Å²) in [5.41, 5.74) is 3.03. The summed E-state index contributed by atoms with van der Waals surface area (Å²) in [5, 5.41) is 12.8. The highest BCUT2D eigenvalue weighted by Gasteiger charge is 2.67. The van der Waals surface area contributed by atoms with Gasteiger partial charge in [-0.25, -0.2) is 0 Å². The van der Waals surface area contributed by atoms with Gasteiger partial charge >= 0.3 is 0 Å². The van der Waals surface area contributed by atoms with Crippen LogP contribution in [0.5, 0.6) is 5.75 Å². The number of carbonyl (C=O) groups is 3. The van der Waals surface area contributed by atoms with Gasteiger partial charge in [-0.2, -0.15) is 0 Å². The number of fused-ring (bicyclic) bond motifs is 2. The van der Waals surface area contributed by atoms with E-state index in [-0.39, 0.29) is 50.4 Å². The summed E-state index contributed by atoms with van der Waals surface area (Å²) >= 11 is 0. The van der Waals surface area contributed by atoms with E-state index in [0.29, 0.717) is 28.3 Å². The van der Waals surface area contributed by atoms with Crippen molar-refractivity contribution in [2.75, 3.05) is 37.0 Å². The molecule has 0 aromatic heterocycles. The van der Waals surface area contributed by atoms with E-state index in [4.69, 9.17) is 9.47 Å². The van der Waals surface area contributed by atoms with Gasteiger partial charge in [0.2, 0.25) is 14.3 Å². The van der Waals surface area contributed by atoms with Crippen molar-refractivity contribution in [3.05, 3.63) is 113 Å². The molecule has 2 aliphatic heterocycles. The number of anilines is 2. The maximum Gasteiger partial charge on any atom is 0.264 e. The average Bonchev–Trinajstić information content (AvgIpc) is 3.56. The molecule has 0 radical (unpaired) electrons. The van der Waals surface area contributed by atoms with Crippen molar-refractivity contribution in [2.45, 2.75) is 83.8 Å². The third kappa shape index (κ3) is 8.85. The van der Waals surface area contributed by atoms with Gasteiger partial charge in [-0.15, -0.1) is 0 Å². The number of nitrogens with one attached hydrogen (secondary N) is 1. The van der Waals surface area contributed by atoms with Crippen LogP contribution in [0.3, 0.4) is 0 Å². The first kappa shape index (κ1) is 40.6. The van der Waals surface area contributed by atoms with Gasteiger partial charge in [-0.3, -0.25) is 14.4 Å². The predicted octanol–water partition coefficient (Wildman–Crippen LogP) is 8.17. The number of benzene rings is 3. The lowest BCUT2D eigenvalue weighted by Gasteiger charge is -2.31. The zero-order valence-corrected chi connectivity index (χ0v) is 33.5. The minimum atomic E-state index is -3.58. The molecule has 1 fully saturated rings. The standard InChI is InChI=1S/C43H54FN3O6Si/c1-29(2)12-11-13-30(3)22-23-47-37-21-18-34(45-41(50)33-16-19-35(52-5)20-17-33)26-36(37)43(42(47)51)31(4)40(54(6,7)44)38(53-43)27-39(49)46(24-25-48)28-32-14-9-8-10-15-32/h8-10,12,14-22,26,31,38,40,48H,11,13,23-25,27-28H2,1-7H3,(H,45,50)/b30-22+/t31-,38+,40-,43+/m1/s1. The number of halogens is 1. The van der Waals surface area contributed by atoms with Crippen molar-refractivity contribution in [2.24, 2.45) is 5.92 Å². The maximum atomic E-state index is 16.6. The topological polar surface area (TPSA) is 108 Å². The normalized spacial score (nSPS) is 20.9. The number of hydrogen-bond donors (Lipinski definition) is 2. The number of methoxy groups -OCH3 is 1. The van der Waals surface area contributed by atoms with E-state index in [9.17, 15) is 19.5 Å². The van der Waals surface area contributed by atoms with Crippen LogP contribution in [-0.2, 0) is 26.5 Å². The minimum absolute atomic E-state index is 0.106. The van der Waals surface area contributed by atoms with Gasteiger partial charge in [0.1, 0.15) is 5.75 Å². The van der Waals surface area contributed by atoms with Gasteiger partial charge in [-0.05, 0) is 94.7 Å². The Kier molecular flexibility index (Phi) is 13.0. The Morgan fingerprint density at radius 3 is 2.39 bits per heavy atom. The number of rotatable bonds is 15. The number of allylic oxidation sites excluding steroid dienone is 3. The molecule has 288 valence electrons. The monoisotopic (exact) mass is 755 g/mol. The Balaban J connectivity index is 1.52. The number of hydrogen-bond acceptors (Lipinski definition) is 6. The van der Waals surface area contributed by atoms with E-state index < -0.39 is 31.6 Å². The SMILES string of the molecule is COc1ccc(C(=O)Nc2ccc3c(c2)[C@]2(O[C@@H](CC(=O)N(CCO)Cc4ccccc4)[C@H]([Si](C)(C)F)[C@H]2C)C(=O)N3C/C=C(\C)CCC=C(C)C)cc1. The van der Waals surface area contributed by atoms with Crippen LogP contribution in [0.15, 0.2) is 96.1 Å². The van der Waals surface area contributed by atoms with E-state index in [2.05, 4.69) is 25.2 Å². The predicted molar refractivity (Wildman–Crippen MR) is 214 cm³/mol. The van der Waals surface area contributed by atoms with Crippen LogP contribution in [-0.4, -0.2) is 69.0 Å². The Labute approximate surface area is 320 Å². The van der Waals surface area contributed by atoms with Gasteiger partial charge in [0.15, 0.2) is 5.60 Å². The van der Waals surface area contributed by atoms with Crippen LogP contribution in [0.2, 0.25) is 18.6 Å². The Bertz CT molecular complexity index is 1870. The molecule has 0 bridgehead atoms. The highest BCUT2D eigenvalue weighted by molar-refractivity contribution is 6.72. The molecule has 2 aliphatic rings. The lowest BCUT2D eigenvalue weighted by molar-refractivity contribution is -0.149. The Morgan fingerprint density at radius 2 is 1.76 bits per heavy atom. The number of amides is 3. The van der Waals surface area contributed by atoms with Crippen molar-refractivity contribution in [1.29, 1.82) is 0 Å². The average molecular weight is 756 g/mol. The van der Waals surface area contributed by atoms with Crippen LogP contribution in [0.4, 0.5) is 15.5 Å². The molecule has 0 saturated carbocycles. The van der Waals surface area contributed by atoms with Crippen LogP contribution >= 0.6 is 0 Å². The number of nitrogens with zero attached hydrogens (tertiary/aromatic N) is 2. The fourth-order valence-corrected chi connectivity index (χ4v) is 10.4. The zero-order valence-electron chi connectivity index (χ0n) is 32.5. The number of aliphatic hydroxyl groups is 1. The second-order valence-corrected chi connectivity index (χ2v) is 19.0. The molecule has 3 amide bonds. The smallest absolute Gasteiger partial charge is 0.264 e. The zero-order chi connectivity index (χ0) is 39.2. The molecule has 1 saturated heterocycles. The first-order chi connectivity index (χ1) is 25.7. The molecule has 4 atom stereocenters. The second kappa shape index (κ2) is 17.3. The Hall–Kier alpha value is -4.58. The molecule has 54 heavy (non-hydrogen) atoms. The molecule has 11 heteroatoms. The molecule has 3 aromatic rings. The van der Waals surface area contributed by atoms with Crippen LogP contribution < -0.4 is 15.0 Å². The van der Waals surface area contributed by atoms with Crippen LogP contribution in [0.1, 0.15) is 68.4 Å². The summed E-state index contributed by atoms with van der Waals surface area (Å²) in [6.07, 6.45) is 4.92. The highest BCUT2D eigenvalue weighted by Crippen LogP contribution is 2.60. The van der Waals surface area contributed by atoms with E-state index in [0.717, 1.165) is 24.0 Å². The van der Waals surface area contributed by atoms with Gasteiger partial charge in [0.25, 0.3) is 11.8 Å². The summed E-state index contributed by atoms with van der Waals surface area (Å²) in [4.78, 5) is 45.5. The summed E-state index contributed by atoms with van der Waals surface area (Å²) in [5.74, 6) is -0.951. The largest absolute Gasteiger partial charge is 0.497 e. The molecule has 1 spiro atoms. The molecule has 9 nitrogen and oxygen atoms in total.